The van der Waals surface area contributed by atoms with Crippen molar-refractivity contribution in [1.29, 1.82) is 0 Å². The smallest absolute Gasteiger partial charge is 0.445 e. The summed E-state index contributed by atoms with van der Waals surface area (Å²) in [6, 6.07) is 3.34. The van der Waals surface area contributed by atoms with Gasteiger partial charge in [0.25, 0.3) is 0 Å². The van der Waals surface area contributed by atoms with E-state index in [4.69, 9.17) is 0 Å². The molecule has 0 atom stereocenters. The van der Waals surface area contributed by atoms with Crippen molar-refractivity contribution in [2.24, 2.45) is 0 Å². The average Bonchev–Trinajstić information content (AvgIpc) is 2.97. The predicted octanol–water partition coefficient (Wildman–Crippen LogP) is 0.363. The van der Waals surface area contributed by atoms with Crippen LogP contribution in [0.3, 0.4) is 0 Å². The van der Waals surface area contributed by atoms with E-state index in [0.717, 1.165) is 24.6 Å². The fourth-order valence-corrected chi connectivity index (χ4v) is 1.48. The topological polar surface area (TPSA) is 12.9 Å². The van der Waals surface area contributed by atoms with E-state index < -0.39 is 6.98 Å². The minimum Gasteiger partial charge on any atom is -0.445 e. The molecule has 1 aromatic rings. The number of pyridine rings is 1. The maximum Gasteiger partial charge on any atom is 1.00 e. The molecule has 0 unspecified atom stereocenters. The normalized spacial score (nSPS) is 16.2. The third kappa shape index (κ3) is 4.33. The van der Waals surface area contributed by atoms with E-state index in [-0.39, 0.29) is 51.4 Å². The average molecular weight is 251 g/mol. The van der Waals surface area contributed by atoms with Gasteiger partial charge >= 0.3 is 58.4 Å². The Labute approximate surface area is 135 Å². The van der Waals surface area contributed by atoms with Gasteiger partial charge in [-0.2, -0.15) is 0 Å². The van der Waals surface area contributed by atoms with Gasteiger partial charge in [-0.05, 0) is 24.5 Å². The Balaban J connectivity index is 0.00000128. The summed E-state index contributed by atoms with van der Waals surface area (Å²) in [6.45, 7) is -4.85. The van der Waals surface area contributed by atoms with Crippen LogP contribution in [0.15, 0.2) is 24.3 Å². The monoisotopic (exact) mass is 251 g/mol. The fourth-order valence-electron chi connectivity index (χ4n) is 1.48. The van der Waals surface area contributed by atoms with Crippen LogP contribution in [-0.2, 0) is 0 Å². The number of hydrogen-bond acceptors (Lipinski definition) is 1. The quantitative estimate of drug-likeness (QED) is 0.707. The van der Waals surface area contributed by atoms with Crippen molar-refractivity contribution in [2.45, 2.75) is 18.8 Å². The fraction of sp³-hybridized carbons (Fsp3) is 0.300. The van der Waals surface area contributed by atoms with Crippen molar-refractivity contribution in [1.82, 2.24) is 4.98 Å². The molecular formula is C10H10BF3KN. The third-order valence-corrected chi connectivity index (χ3v) is 2.33. The second kappa shape index (κ2) is 5.82. The molecule has 2 rings (SSSR count). The van der Waals surface area contributed by atoms with Crippen LogP contribution in [0, 0.1) is 0 Å². The van der Waals surface area contributed by atoms with Gasteiger partial charge in [0.2, 0.25) is 0 Å². The van der Waals surface area contributed by atoms with Crippen molar-refractivity contribution in [3.63, 3.8) is 0 Å². The van der Waals surface area contributed by atoms with Gasteiger partial charge in [-0.15, -0.1) is 5.98 Å². The van der Waals surface area contributed by atoms with Gasteiger partial charge in [0.1, 0.15) is 0 Å². The Hall–Kier alpha value is 0.381. The van der Waals surface area contributed by atoms with Gasteiger partial charge in [-0.3, -0.25) is 4.98 Å². The molecule has 1 saturated carbocycles. The molecule has 1 heterocycles. The maximum absolute atomic E-state index is 12.0. The van der Waals surface area contributed by atoms with Crippen LogP contribution in [0.1, 0.15) is 30.0 Å². The van der Waals surface area contributed by atoms with Crippen molar-refractivity contribution in [3.8, 4) is 0 Å². The van der Waals surface area contributed by atoms with E-state index in [1.165, 1.54) is 0 Å². The SMILES string of the molecule is F[B-](F)(F)/C=C/c1cccnc1C1CC1.[K+]. The summed E-state index contributed by atoms with van der Waals surface area (Å²) in [5, 5.41) is 0. The van der Waals surface area contributed by atoms with E-state index in [1.54, 1.807) is 18.3 Å². The molecule has 1 fully saturated rings. The first-order valence-electron chi connectivity index (χ1n) is 4.90. The molecule has 16 heavy (non-hydrogen) atoms. The summed E-state index contributed by atoms with van der Waals surface area (Å²) in [5.41, 5.74) is 1.40. The van der Waals surface area contributed by atoms with Gasteiger partial charge in [0, 0.05) is 12.1 Å². The van der Waals surface area contributed by atoms with Crippen LogP contribution in [-0.4, -0.2) is 12.0 Å². The Morgan fingerprint density at radius 2 is 2.00 bits per heavy atom. The molecule has 0 amide bonds. The van der Waals surface area contributed by atoms with Crippen molar-refractivity contribution >= 4 is 13.1 Å². The van der Waals surface area contributed by atoms with Crippen LogP contribution in [0.5, 0.6) is 0 Å². The Bertz CT molecular complexity index is 388. The second-order valence-corrected chi connectivity index (χ2v) is 3.74. The molecule has 0 radical (unpaired) electrons. The number of nitrogens with zero attached hydrogens (tertiary/aromatic N) is 1. The zero-order valence-corrected chi connectivity index (χ0v) is 12.2. The van der Waals surface area contributed by atoms with Crippen molar-refractivity contribution in [3.05, 3.63) is 35.6 Å². The molecule has 0 bridgehead atoms. The molecule has 0 N–H and O–H groups in total. The van der Waals surface area contributed by atoms with Crippen LogP contribution in [0.4, 0.5) is 12.9 Å². The van der Waals surface area contributed by atoms with E-state index in [1.807, 2.05) is 0 Å². The molecule has 6 heteroatoms. The first kappa shape index (κ1) is 14.4. The van der Waals surface area contributed by atoms with E-state index in [2.05, 4.69) is 4.98 Å². The molecule has 1 aliphatic carbocycles. The summed E-state index contributed by atoms with van der Waals surface area (Å²) in [7, 11) is 0. The molecule has 0 spiro atoms. The number of hydrogen-bond donors (Lipinski definition) is 0. The summed E-state index contributed by atoms with van der Waals surface area (Å²) in [5.74, 6) is 0.690. The summed E-state index contributed by atoms with van der Waals surface area (Å²) >= 11 is 0. The number of rotatable bonds is 3. The van der Waals surface area contributed by atoms with Gasteiger partial charge in [-0.25, -0.2) is 0 Å². The zero-order valence-electron chi connectivity index (χ0n) is 9.04. The minimum atomic E-state index is -4.85. The number of aromatic nitrogens is 1. The molecule has 0 aromatic carbocycles. The minimum absolute atomic E-state index is 0. The molecule has 80 valence electrons. The van der Waals surface area contributed by atoms with Gasteiger partial charge in [0.15, 0.2) is 0 Å². The van der Waals surface area contributed by atoms with Crippen LogP contribution >= 0.6 is 0 Å². The van der Waals surface area contributed by atoms with Crippen LogP contribution in [0.2, 0.25) is 0 Å². The zero-order chi connectivity index (χ0) is 10.9. The standard InChI is InChI=1S/C10H10BF3N.K/c12-11(13,14)6-5-8-2-1-7-15-10(8)9-3-4-9;/h1-2,5-7,9H,3-4H2;/q-1;+1/b6-5+;. The second-order valence-electron chi connectivity index (χ2n) is 3.74. The summed E-state index contributed by atoms with van der Waals surface area (Å²) in [6.07, 6.45) is 4.83. The van der Waals surface area contributed by atoms with E-state index in [9.17, 15) is 12.9 Å². The molecular weight excluding hydrogens is 241 g/mol. The van der Waals surface area contributed by atoms with Gasteiger partial charge in [0.05, 0.1) is 5.69 Å². The first-order valence-corrected chi connectivity index (χ1v) is 4.90. The number of halogens is 3. The predicted molar refractivity (Wildman–Crippen MR) is 54.3 cm³/mol. The third-order valence-electron chi connectivity index (χ3n) is 2.33. The van der Waals surface area contributed by atoms with Crippen molar-refractivity contribution < 1.29 is 64.3 Å². The summed E-state index contributed by atoms with van der Waals surface area (Å²) < 4.78 is 36.1. The molecule has 1 aromatic heterocycles. The van der Waals surface area contributed by atoms with Crippen LogP contribution in [0.25, 0.3) is 6.08 Å². The van der Waals surface area contributed by atoms with Gasteiger partial charge < -0.3 is 12.9 Å². The first-order chi connectivity index (χ1) is 7.06. The molecule has 1 nitrogen and oxygen atoms in total. The van der Waals surface area contributed by atoms with E-state index >= 15 is 0 Å². The molecule has 0 aliphatic heterocycles. The largest absolute Gasteiger partial charge is 1.00 e. The summed E-state index contributed by atoms with van der Waals surface area (Å²) in [4.78, 5) is 4.13. The van der Waals surface area contributed by atoms with Crippen LogP contribution < -0.4 is 51.4 Å². The Kier molecular flexibility index (Phi) is 5.25. The maximum atomic E-state index is 12.0. The Morgan fingerprint density at radius 1 is 1.31 bits per heavy atom. The van der Waals surface area contributed by atoms with E-state index in [0.29, 0.717) is 17.5 Å². The molecule has 0 saturated heterocycles. The Morgan fingerprint density at radius 3 is 2.56 bits per heavy atom. The van der Waals surface area contributed by atoms with Gasteiger partial charge in [-0.1, -0.05) is 12.1 Å². The van der Waals surface area contributed by atoms with Crippen molar-refractivity contribution in [2.75, 3.05) is 0 Å². The molecule has 1 aliphatic rings.